The van der Waals surface area contributed by atoms with E-state index in [1.807, 2.05) is 20.8 Å². The van der Waals surface area contributed by atoms with Crippen molar-refractivity contribution in [3.63, 3.8) is 0 Å². The molecular formula is C15H25ClN4O. The van der Waals surface area contributed by atoms with Gasteiger partial charge in [-0.05, 0) is 31.6 Å². The summed E-state index contributed by atoms with van der Waals surface area (Å²) in [7, 11) is 0. The normalized spacial score (nSPS) is 20.9. The summed E-state index contributed by atoms with van der Waals surface area (Å²) in [4.78, 5) is 14.4. The zero-order valence-corrected chi connectivity index (χ0v) is 13.8. The second-order valence-electron chi connectivity index (χ2n) is 6.43. The number of nitrogens with zero attached hydrogens (tertiary/aromatic N) is 3. The minimum absolute atomic E-state index is 0.154. The van der Waals surface area contributed by atoms with Crippen molar-refractivity contribution in [3.8, 4) is 0 Å². The van der Waals surface area contributed by atoms with E-state index in [1.54, 1.807) is 6.20 Å². The molecule has 1 aliphatic rings. The molecule has 1 aliphatic heterocycles. The molecule has 2 N–H and O–H groups in total. The third-order valence-corrected chi connectivity index (χ3v) is 4.40. The second-order valence-corrected chi connectivity index (χ2v) is 6.81. The summed E-state index contributed by atoms with van der Waals surface area (Å²) >= 11 is 6.30. The van der Waals surface area contributed by atoms with Crippen molar-refractivity contribution >= 4 is 17.3 Å². The number of hydrogen-bond donors (Lipinski definition) is 1. The van der Waals surface area contributed by atoms with Crippen molar-refractivity contribution < 1.29 is 0 Å². The molecule has 0 aromatic carbocycles. The summed E-state index contributed by atoms with van der Waals surface area (Å²) < 4.78 is 1.45. The van der Waals surface area contributed by atoms with Gasteiger partial charge >= 0.3 is 0 Å². The maximum Gasteiger partial charge on any atom is 0.287 e. The van der Waals surface area contributed by atoms with Crippen molar-refractivity contribution in [2.45, 2.75) is 46.2 Å². The van der Waals surface area contributed by atoms with Gasteiger partial charge in [-0.15, -0.1) is 0 Å². The highest BCUT2D eigenvalue weighted by atomic mass is 35.5. The molecule has 2 unspecified atom stereocenters. The van der Waals surface area contributed by atoms with Crippen LogP contribution in [0.25, 0.3) is 0 Å². The molecule has 1 saturated heterocycles. The van der Waals surface area contributed by atoms with Crippen LogP contribution in [0.15, 0.2) is 11.0 Å². The van der Waals surface area contributed by atoms with Gasteiger partial charge in [-0.25, -0.2) is 4.68 Å². The van der Waals surface area contributed by atoms with Gasteiger partial charge in [-0.2, -0.15) is 5.10 Å². The maximum atomic E-state index is 12.3. The van der Waals surface area contributed by atoms with Crippen LogP contribution < -0.4 is 16.2 Å². The molecule has 118 valence electrons. The van der Waals surface area contributed by atoms with Gasteiger partial charge in [0, 0.05) is 25.7 Å². The van der Waals surface area contributed by atoms with Crippen molar-refractivity contribution in [3.05, 3.63) is 21.6 Å². The number of anilines is 1. The number of aromatic nitrogens is 2. The first-order chi connectivity index (χ1) is 9.90. The Morgan fingerprint density at radius 1 is 1.48 bits per heavy atom. The SMILES string of the molecule is CC(C)Cn1ncc(N2CCCC(C(C)N)C2)c(Cl)c1=O. The molecule has 2 heterocycles. The third-order valence-electron chi connectivity index (χ3n) is 4.05. The molecule has 0 amide bonds. The average Bonchev–Trinajstić information content (AvgIpc) is 2.44. The number of halogens is 1. The zero-order valence-electron chi connectivity index (χ0n) is 13.1. The lowest BCUT2D eigenvalue weighted by molar-refractivity contribution is 0.364. The summed E-state index contributed by atoms with van der Waals surface area (Å²) in [6.07, 6.45) is 3.91. The van der Waals surface area contributed by atoms with E-state index < -0.39 is 0 Å². The molecule has 21 heavy (non-hydrogen) atoms. The van der Waals surface area contributed by atoms with Crippen LogP contribution in [0.5, 0.6) is 0 Å². The monoisotopic (exact) mass is 312 g/mol. The van der Waals surface area contributed by atoms with Gasteiger partial charge in [0.05, 0.1) is 11.9 Å². The lowest BCUT2D eigenvalue weighted by atomic mass is 9.92. The summed E-state index contributed by atoms with van der Waals surface area (Å²) in [6.45, 7) is 8.46. The summed E-state index contributed by atoms with van der Waals surface area (Å²) in [5, 5.41) is 4.55. The third kappa shape index (κ3) is 3.77. The predicted molar refractivity (Wildman–Crippen MR) is 86.9 cm³/mol. The van der Waals surface area contributed by atoms with Crippen molar-refractivity contribution in [1.29, 1.82) is 0 Å². The summed E-state index contributed by atoms with van der Waals surface area (Å²) in [6, 6.07) is 0.154. The fourth-order valence-electron chi connectivity index (χ4n) is 2.81. The van der Waals surface area contributed by atoms with Crippen LogP contribution in [0.4, 0.5) is 5.69 Å². The molecule has 5 nitrogen and oxygen atoms in total. The van der Waals surface area contributed by atoms with Crippen LogP contribution in [-0.2, 0) is 6.54 Å². The molecule has 0 bridgehead atoms. The zero-order chi connectivity index (χ0) is 15.6. The van der Waals surface area contributed by atoms with E-state index in [4.69, 9.17) is 17.3 Å². The minimum Gasteiger partial charge on any atom is -0.369 e. The Hall–Kier alpha value is -1.07. The largest absolute Gasteiger partial charge is 0.369 e. The highest BCUT2D eigenvalue weighted by Gasteiger charge is 2.25. The van der Waals surface area contributed by atoms with Crippen LogP contribution in [0.2, 0.25) is 5.02 Å². The van der Waals surface area contributed by atoms with Gasteiger partial charge in [0.1, 0.15) is 5.02 Å². The molecule has 0 aliphatic carbocycles. The first-order valence-corrected chi connectivity index (χ1v) is 8.04. The maximum absolute atomic E-state index is 12.3. The Labute approximate surface area is 131 Å². The van der Waals surface area contributed by atoms with E-state index in [0.29, 0.717) is 18.4 Å². The van der Waals surface area contributed by atoms with Crippen molar-refractivity contribution in [1.82, 2.24) is 9.78 Å². The van der Waals surface area contributed by atoms with Gasteiger partial charge in [-0.3, -0.25) is 4.79 Å². The molecule has 1 fully saturated rings. The van der Waals surface area contributed by atoms with Crippen LogP contribution in [0.3, 0.4) is 0 Å². The Balaban J connectivity index is 2.24. The molecule has 0 spiro atoms. The minimum atomic E-state index is -0.203. The van der Waals surface area contributed by atoms with E-state index in [0.717, 1.165) is 31.6 Å². The van der Waals surface area contributed by atoms with E-state index in [-0.39, 0.29) is 16.6 Å². The van der Waals surface area contributed by atoms with E-state index in [1.165, 1.54) is 4.68 Å². The predicted octanol–water partition coefficient (Wildman–Crippen LogP) is 2.12. The van der Waals surface area contributed by atoms with Crippen LogP contribution in [0.1, 0.15) is 33.6 Å². The second kappa shape index (κ2) is 6.79. The first-order valence-electron chi connectivity index (χ1n) is 7.66. The molecule has 0 radical (unpaired) electrons. The summed E-state index contributed by atoms with van der Waals surface area (Å²) in [5.74, 6) is 0.794. The Kier molecular flexibility index (Phi) is 5.27. The number of piperidine rings is 1. The molecule has 2 atom stereocenters. The number of nitrogens with two attached hydrogens (primary N) is 1. The van der Waals surface area contributed by atoms with Crippen LogP contribution in [-0.4, -0.2) is 28.9 Å². The molecule has 6 heteroatoms. The van der Waals surface area contributed by atoms with Gasteiger partial charge in [-0.1, -0.05) is 25.4 Å². The van der Waals surface area contributed by atoms with Gasteiger partial charge in [0.25, 0.3) is 5.56 Å². The lowest BCUT2D eigenvalue weighted by Crippen LogP contribution is -2.43. The Morgan fingerprint density at radius 2 is 2.19 bits per heavy atom. The molecule has 1 aromatic rings. The number of hydrogen-bond acceptors (Lipinski definition) is 4. The lowest BCUT2D eigenvalue weighted by Gasteiger charge is -2.36. The van der Waals surface area contributed by atoms with Gasteiger partial charge < -0.3 is 10.6 Å². The first kappa shape index (κ1) is 16.3. The Morgan fingerprint density at radius 3 is 2.81 bits per heavy atom. The topological polar surface area (TPSA) is 64.2 Å². The van der Waals surface area contributed by atoms with Gasteiger partial charge in [0.15, 0.2) is 0 Å². The molecule has 2 rings (SSSR count). The van der Waals surface area contributed by atoms with E-state index >= 15 is 0 Å². The molecule has 0 saturated carbocycles. The fraction of sp³-hybridized carbons (Fsp3) is 0.733. The standard InChI is InChI=1S/C15H25ClN4O/c1-10(2)8-20-15(21)14(16)13(7-18-20)19-6-4-5-12(9-19)11(3)17/h7,10-12H,4-6,8-9,17H2,1-3H3. The van der Waals surface area contributed by atoms with E-state index in [9.17, 15) is 4.79 Å². The quantitative estimate of drug-likeness (QED) is 0.925. The highest BCUT2D eigenvalue weighted by Crippen LogP contribution is 2.27. The van der Waals surface area contributed by atoms with Crippen LogP contribution in [0, 0.1) is 11.8 Å². The Bertz CT molecular complexity index is 541. The average molecular weight is 313 g/mol. The van der Waals surface area contributed by atoms with E-state index in [2.05, 4.69) is 10.00 Å². The number of rotatable bonds is 4. The fourth-order valence-corrected chi connectivity index (χ4v) is 3.08. The smallest absolute Gasteiger partial charge is 0.287 e. The van der Waals surface area contributed by atoms with Gasteiger partial charge in [0.2, 0.25) is 0 Å². The highest BCUT2D eigenvalue weighted by molar-refractivity contribution is 6.33. The summed E-state index contributed by atoms with van der Waals surface area (Å²) in [5.41, 5.74) is 6.55. The van der Waals surface area contributed by atoms with Crippen molar-refractivity contribution in [2.75, 3.05) is 18.0 Å². The van der Waals surface area contributed by atoms with Crippen molar-refractivity contribution in [2.24, 2.45) is 17.6 Å². The molecular weight excluding hydrogens is 288 g/mol. The van der Waals surface area contributed by atoms with Crippen LogP contribution >= 0.6 is 11.6 Å². The molecule has 1 aromatic heterocycles.